The zero-order chi connectivity index (χ0) is 15.1. The fourth-order valence-electron chi connectivity index (χ4n) is 3.65. The summed E-state index contributed by atoms with van der Waals surface area (Å²) >= 11 is 0. The topological polar surface area (TPSA) is 64.7 Å². The van der Waals surface area contributed by atoms with E-state index in [1.807, 2.05) is 21.9 Å². The summed E-state index contributed by atoms with van der Waals surface area (Å²) in [5.41, 5.74) is 2.54. The summed E-state index contributed by atoms with van der Waals surface area (Å²) in [5.74, 6) is 0.161. The Bertz CT molecular complexity index is 618. The van der Waals surface area contributed by atoms with Crippen LogP contribution in [0.25, 0.3) is 0 Å². The van der Waals surface area contributed by atoms with Crippen LogP contribution < -0.4 is 10.6 Å². The van der Waals surface area contributed by atoms with Gasteiger partial charge in [-0.05, 0) is 17.5 Å². The number of fused-ring (bicyclic) bond motifs is 2. The van der Waals surface area contributed by atoms with Gasteiger partial charge in [0.05, 0.1) is 12.1 Å². The number of nitrogens with one attached hydrogen (secondary N) is 2. The zero-order valence-electron chi connectivity index (χ0n) is 12.4. The Morgan fingerprint density at radius 3 is 2.86 bits per heavy atom. The minimum absolute atomic E-state index is 0.00168. The van der Waals surface area contributed by atoms with Crippen molar-refractivity contribution < 1.29 is 9.59 Å². The highest BCUT2D eigenvalue weighted by Gasteiger charge is 2.38. The van der Waals surface area contributed by atoms with Crippen LogP contribution in [-0.2, 0) is 17.8 Å². The van der Waals surface area contributed by atoms with E-state index in [2.05, 4.69) is 22.8 Å². The number of hydrogen-bond donors (Lipinski definition) is 2. The summed E-state index contributed by atoms with van der Waals surface area (Å²) < 4.78 is 0. The van der Waals surface area contributed by atoms with E-state index in [1.54, 1.807) is 0 Å². The fourth-order valence-corrected chi connectivity index (χ4v) is 3.65. The summed E-state index contributed by atoms with van der Waals surface area (Å²) in [6.45, 7) is 3.28. The number of carbonyl (C=O) groups is 2. The molecule has 2 saturated heterocycles. The van der Waals surface area contributed by atoms with Crippen molar-refractivity contribution in [2.45, 2.75) is 25.0 Å². The van der Waals surface area contributed by atoms with Crippen molar-refractivity contribution in [3.05, 3.63) is 35.4 Å². The molecule has 2 unspecified atom stereocenters. The minimum Gasteiger partial charge on any atom is -0.337 e. The summed E-state index contributed by atoms with van der Waals surface area (Å²) in [6.07, 6.45) is 0.747. The third-order valence-corrected chi connectivity index (χ3v) is 4.92. The molecule has 0 aliphatic carbocycles. The van der Waals surface area contributed by atoms with Gasteiger partial charge in [-0.1, -0.05) is 24.3 Å². The number of amides is 3. The molecular weight excluding hydrogens is 280 g/mol. The molecule has 0 saturated carbocycles. The Morgan fingerprint density at radius 2 is 2.00 bits per heavy atom. The van der Waals surface area contributed by atoms with Gasteiger partial charge in [0.1, 0.15) is 0 Å². The lowest BCUT2D eigenvalue weighted by Gasteiger charge is -2.39. The van der Waals surface area contributed by atoms with Gasteiger partial charge in [0.25, 0.3) is 0 Å². The largest absolute Gasteiger partial charge is 0.337 e. The molecule has 3 heterocycles. The molecule has 116 valence electrons. The summed E-state index contributed by atoms with van der Waals surface area (Å²) in [4.78, 5) is 28.1. The normalized spacial score (nSPS) is 27.2. The molecule has 2 N–H and O–H groups in total. The van der Waals surface area contributed by atoms with Crippen LogP contribution >= 0.6 is 0 Å². The first kappa shape index (κ1) is 13.6. The molecule has 0 spiro atoms. The van der Waals surface area contributed by atoms with Crippen molar-refractivity contribution in [3.63, 3.8) is 0 Å². The van der Waals surface area contributed by atoms with Gasteiger partial charge in [0, 0.05) is 32.7 Å². The lowest BCUT2D eigenvalue weighted by atomic mass is 9.95. The van der Waals surface area contributed by atoms with Gasteiger partial charge in [0.15, 0.2) is 0 Å². The molecular formula is C16H20N4O2. The van der Waals surface area contributed by atoms with E-state index in [4.69, 9.17) is 0 Å². The molecule has 22 heavy (non-hydrogen) atoms. The van der Waals surface area contributed by atoms with Crippen LogP contribution in [0.1, 0.15) is 11.1 Å². The van der Waals surface area contributed by atoms with E-state index in [0.29, 0.717) is 26.2 Å². The van der Waals surface area contributed by atoms with Gasteiger partial charge in [-0.3, -0.25) is 4.79 Å². The molecule has 2 fully saturated rings. The maximum atomic E-state index is 12.8. The number of piperazine rings is 1. The van der Waals surface area contributed by atoms with Crippen molar-refractivity contribution in [3.8, 4) is 0 Å². The molecule has 3 aliphatic rings. The monoisotopic (exact) mass is 300 g/mol. The van der Waals surface area contributed by atoms with Crippen molar-refractivity contribution in [2.75, 3.05) is 26.2 Å². The fraction of sp³-hybridized carbons (Fsp3) is 0.500. The maximum Gasteiger partial charge on any atom is 0.317 e. The number of hydrogen-bond acceptors (Lipinski definition) is 3. The SMILES string of the molecule is O=C(C1Cc2ccccc2CN1)N1CCN2C(=O)NCC2C1. The van der Waals surface area contributed by atoms with Crippen LogP contribution in [0.2, 0.25) is 0 Å². The molecule has 6 heteroatoms. The van der Waals surface area contributed by atoms with Gasteiger partial charge >= 0.3 is 6.03 Å². The summed E-state index contributed by atoms with van der Waals surface area (Å²) in [6, 6.07) is 8.26. The van der Waals surface area contributed by atoms with Crippen LogP contribution in [0.15, 0.2) is 24.3 Å². The summed E-state index contributed by atoms with van der Waals surface area (Å²) in [5, 5.41) is 6.20. The first-order valence-corrected chi connectivity index (χ1v) is 7.86. The first-order chi connectivity index (χ1) is 10.7. The van der Waals surface area contributed by atoms with Crippen LogP contribution in [0.3, 0.4) is 0 Å². The third-order valence-electron chi connectivity index (χ3n) is 4.92. The molecule has 3 amide bonds. The Hall–Kier alpha value is -2.08. The first-order valence-electron chi connectivity index (χ1n) is 7.86. The van der Waals surface area contributed by atoms with Crippen molar-refractivity contribution in [2.24, 2.45) is 0 Å². The van der Waals surface area contributed by atoms with Crippen molar-refractivity contribution in [1.82, 2.24) is 20.4 Å². The molecule has 6 nitrogen and oxygen atoms in total. The average molecular weight is 300 g/mol. The van der Waals surface area contributed by atoms with Crippen LogP contribution in [-0.4, -0.2) is 60.0 Å². The quantitative estimate of drug-likeness (QED) is 0.763. The highest BCUT2D eigenvalue weighted by atomic mass is 16.2. The van der Waals surface area contributed by atoms with Gasteiger partial charge < -0.3 is 20.4 Å². The highest BCUT2D eigenvalue weighted by molar-refractivity contribution is 5.83. The maximum absolute atomic E-state index is 12.8. The average Bonchev–Trinajstić information content (AvgIpc) is 2.94. The minimum atomic E-state index is -0.147. The molecule has 0 bridgehead atoms. The van der Waals surface area contributed by atoms with E-state index in [0.717, 1.165) is 13.0 Å². The van der Waals surface area contributed by atoms with E-state index in [-0.39, 0.29) is 24.0 Å². The van der Waals surface area contributed by atoms with E-state index < -0.39 is 0 Å². The van der Waals surface area contributed by atoms with Crippen molar-refractivity contribution in [1.29, 1.82) is 0 Å². The number of rotatable bonds is 1. The predicted octanol–water partition coefficient (Wildman–Crippen LogP) is -0.0631. The molecule has 0 radical (unpaired) electrons. The Morgan fingerprint density at radius 1 is 1.18 bits per heavy atom. The van der Waals surface area contributed by atoms with E-state index in [9.17, 15) is 9.59 Å². The molecule has 3 aliphatic heterocycles. The van der Waals surface area contributed by atoms with Gasteiger partial charge in [-0.25, -0.2) is 4.79 Å². The number of carbonyl (C=O) groups excluding carboxylic acids is 2. The predicted molar refractivity (Wildman–Crippen MR) is 81.2 cm³/mol. The second-order valence-electron chi connectivity index (χ2n) is 6.22. The molecule has 1 aromatic rings. The summed E-state index contributed by atoms with van der Waals surface area (Å²) in [7, 11) is 0. The van der Waals surface area contributed by atoms with Crippen LogP contribution in [0, 0.1) is 0 Å². The lowest BCUT2D eigenvalue weighted by molar-refractivity contribution is -0.135. The third kappa shape index (κ3) is 2.23. The van der Waals surface area contributed by atoms with E-state index >= 15 is 0 Å². The smallest absolute Gasteiger partial charge is 0.317 e. The zero-order valence-corrected chi connectivity index (χ0v) is 12.4. The number of nitrogens with zero attached hydrogens (tertiary/aromatic N) is 2. The Kier molecular flexibility index (Phi) is 3.26. The number of urea groups is 1. The van der Waals surface area contributed by atoms with Gasteiger partial charge in [0.2, 0.25) is 5.91 Å². The molecule has 1 aromatic carbocycles. The van der Waals surface area contributed by atoms with E-state index in [1.165, 1.54) is 11.1 Å². The van der Waals surface area contributed by atoms with Crippen LogP contribution in [0.5, 0.6) is 0 Å². The van der Waals surface area contributed by atoms with Gasteiger partial charge in [-0.15, -0.1) is 0 Å². The standard InChI is InChI=1S/C16H20N4O2/c21-15(14-7-11-3-1-2-4-12(11)8-17-14)19-5-6-20-13(10-19)9-18-16(20)22/h1-4,13-14,17H,5-10H2,(H,18,22). The van der Waals surface area contributed by atoms with Gasteiger partial charge in [-0.2, -0.15) is 0 Å². The number of benzene rings is 1. The molecule has 0 aromatic heterocycles. The Balaban J connectivity index is 1.44. The highest BCUT2D eigenvalue weighted by Crippen LogP contribution is 2.20. The lowest BCUT2D eigenvalue weighted by Crippen LogP contribution is -2.58. The van der Waals surface area contributed by atoms with Crippen molar-refractivity contribution >= 4 is 11.9 Å². The molecule has 2 atom stereocenters. The Labute approximate surface area is 129 Å². The van der Waals surface area contributed by atoms with Crippen LogP contribution in [0.4, 0.5) is 4.79 Å². The molecule has 4 rings (SSSR count). The second kappa shape index (κ2) is 5.28. The second-order valence-corrected chi connectivity index (χ2v) is 6.22.